The molecule has 0 spiro atoms. The summed E-state index contributed by atoms with van der Waals surface area (Å²) in [6, 6.07) is 9.70. The molecule has 6 nitrogen and oxygen atoms in total. The van der Waals surface area contributed by atoms with Gasteiger partial charge in [-0.25, -0.2) is 8.42 Å². The lowest BCUT2D eigenvalue weighted by Crippen LogP contribution is -2.42. The summed E-state index contributed by atoms with van der Waals surface area (Å²) < 4.78 is 26.2. The molecule has 32 heavy (non-hydrogen) atoms. The third-order valence-corrected chi connectivity index (χ3v) is 9.03. The average molecular weight is 542 g/mol. The Labute approximate surface area is 204 Å². The van der Waals surface area contributed by atoms with Crippen molar-refractivity contribution in [3.05, 3.63) is 56.5 Å². The number of halogens is 2. The van der Waals surface area contributed by atoms with Crippen LogP contribution >= 0.6 is 27.5 Å². The maximum absolute atomic E-state index is 12.5. The topological polar surface area (TPSA) is 78.7 Å². The molecule has 3 N–H and O–H groups in total. The largest absolute Gasteiger partial charge is 0.372 e. The first-order chi connectivity index (χ1) is 15.2. The van der Waals surface area contributed by atoms with E-state index in [4.69, 9.17) is 17.3 Å². The van der Waals surface area contributed by atoms with Gasteiger partial charge in [0.2, 0.25) is 0 Å². The van der Waals surface area contributed by atoms with Crippen LogP contribution in [0, 0.1) is 0 Å². The lowest BCUT2D eigenvalue weighted by Gasteiger charge is -2.33. The minimum Gasteiger partial charge on any atom is -0.372 e. The van der Waals surface area contributed by atoms with Crippen LogP contribution in [0.3, 0.4) is 0 Å². The van der Waals surface area contributed by atoms with Crippen molar-refractivity contribution in [3.63, 3.8) is 0 Å². The van der Waals surface area contributed by atoms with Crippen LogP contribution in [0.5, 0.6) is 0 Å². The van der Waals surface area contributed by atoms with Gasteiger partial charge in [0.05, 0.1) is 17.3 Å². The molecule has 0 bridgehead atoms. The number of rotatable bonds is 6. The molecule has 174 valence electrons. The lowest BCUT2D eigenvalue weighted by molar-refractivity contribution is 0.201. The number of likely N-dealkylation sites (tertiary alicyclic amines) is 1. The van der Waals surface area contributed by atoms with E-state index in [1.54, 1.807) is 25.1 Å². The van der Waals surface area contributed by atoms with Crippen molar-refractivity contribution in [3.8, 4) is 0 Å². The molecule has 4 rings (SSSR count). The van der Waals surface area contributed by atoms with Gasteiger partial charge in [0.1, 0.15) is 0 Å². The van der Waals surface area contributed by atoms with Crippen LogP contribution < -0.4 is 11.1 Å². The quantitative estimate of drug-likeness (QED) is 0.571. The van der Waals surface area contributed by atoms with Gasteiger partial charge in [-0.05, 0) is 66.4 Å². The molecule has 9 heteroatoms. The zero-order chi connectivity index (χ0) is 22.9. The summed E-state index contributed by atoms with van der Waals surface area (Å²) in [6.07, 6.45) is 2.25. The fourth-order valence-corrected chi connectivity index (χ4v) is 6.35. The predicted molar refractivity (Wildman–Crippen MR) is 134 cm³/mol. The van der Waals surface area contributed by atoms with Crippen LogP contribution in [0.15, 0.2) is 39.7 Å². The fraction of sp³-hybridized carbons (Fsp3) is 0.478. The molecule has 2 aliphatic rings. The molecule has 0 aliphatic carbocycles. The van der Waals surface area contributed by atoms with E-state index in [9.17, 15) is 8.42 Å². The molecular weight excluding hydrogens is 512 g/mol. The molecule has 2 aromatic rings. The molecule has 2 aromatic carbocycles. The van der Waals surface area contributed by atoms with Gasteiger partial charge < -0.3 is 11.1 Å². The second-order valence-electron chi connectivity index (χ2n) is 8.72. The summed E-state index contributed by atoms with van der Waals surface area (Å²) in [6.45, 7) is 6.45. The Morgan fingerprint density at radius 3 is 2.72 bits per heavy atom. The van der Waals surface area contributed by atoms with Crippen LogP contribution in [0.1, 0.15) is 36.5 Å². The van der Waals surface area contributed by atoms with Crippen molar-refractivity contribution in [2.45, 2.75) is 50.3 Å². The monoisotopic (exact) mass is 540 g/mol. The van der Waals surface area contributed by atoms with Crippen LogP contribution in [0.25, 0.3) is 0 Å². The van der Waals surface area contributed by atoms with Crippen LogP contribution in [0.2, 0.25) is 5.02 Å². The van der Waals surface area contributed by atoms with Crippen LogP contribution in [0.4, 0.5) is 5.69 Å². The van der Waals surface area contributed by atoms with Gasteiger partial charge in [-0.3, -0.25) is 9.80 Å². The number of nitrogens with zero attached hydrogens (tertiary/aromatic N) is 2. The Hall–Kier alpha value is -1.16. The second kappa shape index (κ2) is 9.99. The van der Waals surface area contributed by atoms with Crippen LogP contribution in [-0.4, -0.2) is 49.8 Å². The standard InChI is InChI=1S/C23H30BrClN4O2S/c1-2-32(30,31)23-6-5-19(25)8-18(23)13-29-12-17-9-21(24)16(10-22(17)27-15-29)11-28-7-3-4-20(26)14-28/h5-6,8-10,20,27H,2-4,7,11-15,26H2,1H3/t20-/m1/s1. The fourth-order valence-electron chi connectivity index (χ4n) is 4.53. The SMILES string of the molecule is CCS(=O)(=O)c1ccc(Cl)cc1CN1CNc2cc(CN3CCC[C@@H](N)C3)c(Br)cc2C1. The van der Waals surface area contributed by atoms with E-state index in [1.165, 1.54) is 11.1 Å². The van der Waals surface area contributed by atoms with Crippen LogP contribution in [-0.2, 0) is 29.5 Å². The Balaban J connectivity index is 1.50. The first-order valence-corrected chi connectivity index (χ1v) is 13.8. The number of nitrogens with one attached hydrogen (secondary N) is 1. The Kier molecular flexibility index (Phi) is 7.49. The van der Waals surface area contributed by atoms with Gasteiger partial charge >= 0.3 is 0 Å². The normalized spacial score (nSPS) is 20.1. The summed E-state index contributed by atoms with van der Waals surface area (Å²) in [5.74, 6) is 0.0698. The second-order valence-corrected chi connectivity index (χ2v) is 12.3. The molecule has 1 saturated heterocycles. The van der Waals surface area contributed by atoms with Crippen molar-refractivity contribution in [2.24, 2.45) is 5.73 Å². The maximum atomic E-state index is 12.5. The van der Waals surface area contributed by atoms with E-state index >= 15 is 0 Å². The van der Waals surface area contributed by atoms with Gasteiger partial charge in [0.25, 0.3) is 0 Å². The number of sulfone groups is 1. The molecule has 1 atom stereocenters. The predicted octanol–water partition coefficient (Wildman–Crippen LogP) is 4.20. The summed E-state index contributed by atoms with van der Waals surface area (Å²) in [7, 11) is -3.31. The number of hydrogen-bond acceptors (Lipinski definition) is 6. The minimum absolute atomic E-state index is 0.0698. The highest BCUT2D eigenvalue weighted by Gasteiger charge is 2.23. The number of benzene rings is 2. The lowest BCUT2D eigenvalue weighted by atomic mass is 10.0. The number of fused-ring (bicyclic) bond motifs is 1. The van der Waals surface area contributed by atoms with Crippen molar-refractivity contribution >= 4 is 43.1 Å². The minimum atomic E-state index is -3.31. The highest BCUT2D eigenvalue weighted by molar-refractivity contribution is 9.10. The molecule has 2 heterocycles. The molecule has 0 unspecified atom stereocenters. The van der Waals surface area contributed by atoms with Gasteiger partial charge in [0.15, 0.2) is 9.84 Å². The molecule has 0 aromatic heterocycles. The van der Waals surface area contributed by atoms with E-state index in [-0.39, 0.29) is 11.8 Å². The number of piperidine rings is 1. The van der Waals surface area contributed by atoms with E-state index in [1.807, 2.05) is 0 Å². The van der Waals surface area contributed by atoms with Crippen molar-refractivity contribution in [1.82, 2.24) is 9.80 Å². The average Bonchev–Trinajstić information content (AvgIpc) is 2.74. The Morgan fingerprint density at radius 2 is 1.97 bits per heavy atom. The molecule has 1 fully saturated rings. The maximum Gasteiger partial charge on any atom is 0.178 e. The first kappa shape index (κ1) is 24.0. The summed E-state index contributed by atoms with van der Waals surface area (Å²) in [4.78, 5) is 4.98. The summed E-state index contributed by atoms with van der Waals surface area (Å²) >= 11 is 9.95. The van der Waals surface area contributed by atoms with Crippen molar-refractivity contribution in [2.75, 3.05) is 30.8 Å². The summed E-state index contributed by atoms with van der Waals surface area (Å²) in [5, 5.41) is 4.06. The van der Waals surface area contributed by atoms with E-state index in [2.05, 4.69) is 43.2 Å². The Bertz CT molecular complexity index is 1100. The highest BCUT2D eigenvalue weighted by Crippen LogP contribution is 2.32. The van der Waals surface area contributed by atoms with E-state index in [0.29, 0.717) is 23.1 Å². The molecule has 0 saturated carbocycles. The van der Waals surface area contributed by atoms with Crippen molar-refractivity contribution in [1.29, 1.82) is 0 Å². The van der Waals surface area contributed by atoms with E-state index in [0.717, 1.165) is 54.7 Å². The zero-order valence-electron chi connectivity index (χ0n) is 18.3. The van der Waals surface area contributed by atoms with Gasteiger partial charge in [-0.15, -0.1) is 0 Å². The third-order valence-electron chi connectivity index (χ3n) is 6.23. The highest BCUT2D eigenvalue weighted by atomic mass is 79.9. The molecular formula is C23H30BrClN4O2S. The molecule has 0 amide bonds. The zero-order valence-corrected chi connectivity index (χ0v) is 21.4. The number of anilines is 1. The first-order valence-electron chi connectivity index (χ1n) is 11.0. The smallest absolute Gasteiger partial charge is 0.178 e. The molecule has 0 radical (unpaired) electrons. The number of nitrogens with two attached hydrogens (primary N) is 1. The molecule has 2 aliphatic heterocycles. The van der Waals surface area contributed by atoms with Gasteiger partial charge in [-0.1, -0.05) is 34.5 Å². The third kappa shape index (κ3) is 5.48. The van der Waals surface area contributed by atoms with Crippen molar-refractivity contribution < 1.29 is 8.42 Å². The number of hydrogen-bond donors (Lipinski definition) is 2. The van der Waals surface area contributed by atoms with E-state index < -0.39 is 9.84 Å². The Morgan fingerprint density at radius 1 is 1.19 bits per heavy atom. The summed E-state index contributed by atoms with van der Waals surface area (Å²) in [5.41, 5.74) is 10.5. The van der Waals surface area contributed by atoms with Gasteiger partial charge in [-0.2, -0.15) is 0 Å². The van der Waals surface area contributed by atoms with Gasteiger partial charge in [0, 0.05) is 47.4 Å².